The number of hydrogen-bond acceptors (Lipinski definition) is 7. The lowest BCUT2D eigenvalue weighted by molar-refractivity contribution is -0.169. The molecule has 0 aliphatic carbocycles. The number of esters is 1. The molecule has 1 atom stereocenters. The lowest BCUT2D eigenvalue weighted by atomic mass is 9.89. The molecule has 0 saturated heterocycles. The number of benzene rings is 1. The van der Waals surface area contributed by atoms with E-state index in [4.69, 9.17) is 14.5 Å². The van der Waals surface area contributed by atoms with Crippen molar-refractivity contribution in [2.45, 2.75) is 39.0 Å². The molecule has 3 aromatic rings. The highest BCUT2D eigenvalue weighted by Crippen LogP contribution is 2.39. The Morgan fingerprint density at radius 2 is 2.10 bits per heavy atom. The molecule has 30 heavy (non-hydrogen) atoms. The standard InChI is InChI=1S/C22H18N2O6/c1-3-12-13-6-11(30-10-25)4-5-17(13)23-19-14(12)8-24-18(19)7-16-15(20(24)26)9-29-21(27)22(16,2)28/h4-7,10,28H,3,8-9H2,1-2H3/t22-/m0/s1. The van der Waals surface area contributed by atoms with Gasteiger partial charge in [0.15, 0.2) is 5.60 Å². The third-order valence-electron chi connectivity index (χ3n) is 5.94. The minimum Gasteiger partial charge on any atom is -0.458 e. The molecule has 1 aromatic carbocycles. The number of hydrogen-bond donors (Lipinski definition) is 1. The largest absolute Gasteiger partial charge is 0.458 e. The van der Waals surface area contributed by atoms with Crippen LogP contribution < -0.4 is 10.3 Å². The van der Waals surface area contributed by atoms with Crippen LogP contribution in [0.4, 0.5) is 0 Å². The molecular formula is C22H18N2O6. The number of aromatic nitrogens is 2. The zero-order chi connectivity index (χ0) is 21.2. The Morgan fingerprint density at radius 1 is 1.30 bits per heavy atom. The van der Waals surface area contributed by atoms with Gasteiger partial charge in [-0.15, -0.1) is 0 Å². The molecular weight excluding hydrogens is 388 g/mol. The molecule has 0 saturated carbocycles. The Bertz CT molecular complexity index is 1320. The summed E-state index contributed by atoms with van der Waals surface area (Å²) < 4.78 is 11.6. The highest BCUT2D eigenvalue weighted by molar-refractivity contribution is 5.90. The first-order valence-electron chi connectivity index (χ1n) is 9.59. The molecule has 0 unspecified atom stereocenters. The van der Waals surface area contributed by atoms with Crippen LogP contribution in [0.1, 0.15) is 36.1 Å². The van der Waals surface area contributed by atoms with Crippen molar-refractivity contribution in [3.63, 3.8) is 0 Å². The molecule has 0 bridgehead atoms. The summed E-state index contributed by atoms with van der Waals surface area (Å²) >= 11 is 0. The first kappa shape index (κ1) is 18.5. The van der Waals surface area contributed by atoms with Gasteiger partial charge in [-0.3, -0.25) is 9.59 Å². The maximum atomic E-state index is 13.2. The van der Waals surface area contributed by atoms with Crippen LogP contribution in [0.5, 0.6) is 5.75 Å². The number of nitrogens with zero attached hydrogens (tertiary/aromatic N) is 2. The smallest absolute Gasteiger partial charge is 0.342 e. The van der Waals surface area contributed by atoms with Crippen molar-refractivity contribution < 1.29 is 24.2 Å². The van der Waals surface area contributed by atoms with E-state index in [9.17, 15) is 19.5 Å². The Morgan fingerprint density at radius 3 is 2.83 bits per heavy atom. The molecule has 0 fully saturated rings. The van der Waals surface area contributed by atoms with E-state index in [0.29, 0.717) is 42.1 Å². The molecule has 0 radical (unpaired) electrons. The number of aliphatic hydroxyl groups is 1. The summed E-state index contributed by atoms with van der Waals surface area (Å²) in [5.74, 6) is -0.357. The van der Waals surface area contributed by atoms with Crippen LogP contribution in [0.25, 0.3) is 22.3 Å². The molecule has 152 valence electrons. The van der Waals surface area contributed by atoms with Crippen molar-refractivity contribution in [3.05, 3.63) is 56.9 Å². The normalized spacial score (nSPS) is 19.1. The Balaban J connectivity index is 1.79. The van der Waals surface area contributed by atoms with E-state index in [1.54, 1.807) is 28.8 Å². The van der Waals surface area contributed by atoms with E-state index >= 15 is 0 Å². The lowest BCUT2D eigenvalue weighted by Gasteiger charge is -2.29. The van der Waals surface area contributed by atoms with Gasteiger partial charge in [0.2, 0.25) is 0 Å². The van der Waals surface area contributed by atoms with Gasteiger partial charge in [0.05, 0.1) is 29.0 Å². The Kier molecular flexibility index (Phi) is 3.85. The quantitative estimate of drug-likeness (QED) is 0.408. The van der Waals surface area contributed by atoms with Crippen molar-refractivity contribution in [1.29, 1.82) is 0 Å². The highest BCUT2D eigenvalue weighted by atomic mass is 16.6. The number of aryl methyl sites for hydroxylation is 1. The van der Waals surface area contributed by atoms with E-state index in [1.165, 1.54) is 6.92 Å². The van der Waals surface area contributed by atoms with Gasteiger partial charge in [-0.2, -0.15) is 0 Å². The average molecular weight is 406 g/mol. The summed E-state index contributed by atoms with van der Waals surface area (Å²) in [6, 6.07) is 6.86. The minimum absolute atomic E-state index is 0.164. The SMILES string of the molecule is CCc1c2c(nc3ccc(OC=O)cc13)-c1cc3c(c(=O)n1C2)COC(=O)[C@@]3(C)O. The van der Waals surface area contributed by atoms with Crippen LogP contribution in [-0.4, -0.2) is 27.1 Å². The third-order valence-corrected chi connectivity index (χ3v) is 5.94. The number of fused-ring (bicyclic) bond motifs is 5. The Hall–Kier alpha value is -3.52. The summed E-state index contributed by atoms with van der Waals surface area (Å²) in [7, 11) is 0. The van der Waals surface area contributed by atoms with Crippen LogP contribution in [0, 0.1) is 0 Å². The van der Waals surface area contributed by atoms with Gasteiger partial charge in [0.1, 0.15) is 12.4 Å². The first-order chi connectivity index (χ1) is 14.4. The topological polar surface area (TPSA) is 108 Å². The number of carbonyl (C=O) groups is 2. The predicted molar refractivity (Wildman–Crippen MR) is 106 cm³/mol. The second kappa shape index (κ2) is 6.24. The third kappa shape index (κ3) is 2.37. The van der Waals surface area contributed by atoms with E-state index in [2.05, 4.69) is 0 Å². The summed E-state index contributed by atoms with van der Waals surface area (Å²) in [6.07, 6.45) is 0.688. The van der Waals surface area contributed by atoms with E-state index < -0.39 is 11.6 Å². The minimum atomic E-state index is -1.89. The number of carbonyl (C=O) groups excluding carboxylic acids is 2. The fourth-order valence-corrected chi connectivity index (χ4v) is 4.43. The highest BCUT2D eigenvalue weighted by Gasteiger charge is 2.43. The van der Waals surface area contributed by atoms with Gasteiger partial charge < -0.3 is 19.1 Å². The van der Waals surface area contributed by atoms with Crippen molar-refractivity contribution in [3.8, 4) is 17.1 Å². The lowest BCUT2D eigenvalue weighted by Crippen LogP contribution is -2.42. The van der Waals surface area contributed by atoms with E-state index in [-0.39, 0.29) is 23.3 Å². The molecule has 2 aliphatic rings. The summed E-state index contributed by atoms with van der Waals surface area (Å²) in [4.78, 5) is 40.7. The van der Waals surface area contributed by atoms with Gasteiger partial charge in [-0.1, -0.05) is 6.92 Å². The monoisotopic (exact) mass is 406 g/mol. The van der Waals surface area contributed by atoms with Crippen LogP contribution in [0.15, 0.2) is 29.1 Å². The van der Waals surface area contributed by atoms with Crippen molar-refractivity contribution in [1.82, 2.24) is 9.55 Å². The van der Waals surface area contributed by atoms with E-state index in [0.717, 1.165) is 16.5 Å². The Labute approximate surface area is 170 Å². The summed E-state index contributed by atoms with van der Waals surface area (Å²) in [6.45, 7) is 3.89. The molecule has 1 N–H and O–H groups in total. The van der Waals surface area contributed by atoms with Gasteiger partial charge >= 0.3 is 5.97 Å². The molecule has 0 spiro atoms. The first-order valence-corrected chi connectivity index (χ1v) is 9.59. The number of pyridine rings is 2. The number of ether oxygens (including phenoxy) is 2. The van der Waals surface area contributed by atoms with Crippen LogP contribution in [0.3, 0.4) is 0 Å². The van der Waals surface area contributed by atoms with Gasteiger partial charge in [0.25, 0.3) is 12.0 Å². The fraction of sp³-hybridized carbons (Fsp3) is 0.273. The van der Waals surface area contributed by atoms with Gasteiger partial charge in [0, 0.05) is 16.5 Å². The zero-order valence-electron chi connectivity index (χ0n) is 16.4. The van der Waals surface area contributed by atoms with Crippen molar-refractivity contribution in [2.24, 2.45) is 0 Å². The maximum Gasteiger partial charge on any atom is 0.342 e. The number of cyclic esters (lactones) is 1. The molecule has 0 amide bonds. The molecule has 8 nitrogen and oxygen atoms in total. The van der Waals surface area contributed by atoms with Gasteiger partial charge in [-0.05, 0) is 43.2 Å². The maximum absolute atomic E-state index is 13.2. The second-order valence-corrected chi connectivity index (χ2v) is 7.63. The van der Waals surface area contributed by atoms with E-state index in [1.807, 2.05) is 6.92 Å². The molecule has 5 rings (SSSR count). The van der Waals surface area contributed by atoms with Crippen LogP contribution in [0.2, 0.25) is 0 Å². The fourth-order valence-electron chi connectivity index (χ4n) is 4.43. The number of rotatable bonds is 3. The molecule has 2 aliphatic heterocycles. The van der Waals surface area contributed by atoms with Crippen LogP contribution >= 0.6 is 0 Å². The van der Waals surface area contributed by atoms with Crippen LogP contribution in [-0.2, 0) is 39.5 Å². The summed E-state index contributed by atoms with van der Waals surface area (Å²) in [5, 5.41) is 11.5. The average Bonchev–Trinajstić information content (AvgIpc) is 3.09. The zero-order valence-corrected chi connectivity index (χ0v) is 16.4. The molecule has 8 heteroatoms. The second-order valence-electron chi connectivity index (χ2n) is 7.63. The molecule has 2 aromatic heterocycles. The summed E-state index contributed by atoms with van der Waals surface area (Å²) in [5.41, 5.74) is 2.17. The van der Waals surface area contributed by atoms with Crippen molar-refractivity contribution >= 4 is 23.3 Å². The molecule has 4 heterocycles. The predicted octanol–water partition coefficient (Wildman–Crippen LogP) is 1.79. The van der Waals surface area contributed by atoms with Gasteiger partial charge in [-0.25, -0.2) is 9.78 Å². The van der Waals surface area contributed by atoms with Crippen molar-refractivity contribution in [2.75, 3.05) is 0 Å².